The number of anilines is 3. The van der Waals surface area contributed by atoms with E-state index in [0.717, 1.165) is 34.4 Å². The normalized spacial score (nSPS) is 18.3. The molecule has 5 rings (SSSR count). The van der Waals surface area contributed by atoms with Crippen molar-refractivity contribution in [2.45, 2.75) is 22.7 Å². The molecule has 0 bridgehead atoms. The highest BCUT2D eigenvalue weighted by atomic mass is 32.2. The molecule has 0 spiro atoms. The van der Waals surface area contributed by atoms with Gasteiger partial charge in [0.2, 0.25) is 6.10 Å². The standard InChI is InChI=1S/C27H25N9O9S3/c28-15-7-16(29)33-27(32-15)46-5-1-2-11-8-47-23-18(22(40)36(23)19(11)24(41)42)34-21(39)17(12-9-48-26(30)31-12)35-45-20(25(43)44)10-3-4-13(37)14(38)6-10/h1-4,6-7,9,18,20,23,37-38H,5,8H2,(H2,30,31)(H,34,39)(H,41,42)(H,43,44)(H4,28,29,32,33)/p-1/b2-1+,35-17+/t18-,20+,23-/m1/s1. The number of phenolic OH excluding ortho intramolecular Hbond substituents is 1. The van der Waals surface area contributed by atoms with E-state index in [2.05, 4.69) is 25.4 Å². The number of rotatable bonds is 12. The van der Waals surface area contributed by atoms with E-state index >= 15 is 0 Å². The lowest BCUT2D eigenvalue weighted by Crippen LogP contribution is -2.71. The Morgan fingerprint density at radius 3 is 2.54 bits per heavy atom. The van der Waals surface area contributed by atoms with Crippen molar-refractivity contribution < 1.29 is 44.4 Å². The zero-order valence-corrected chi connectivity index (χ0v) is 26.6. The number of β-lactam (4-membered cyclic amide) rings is 1. The molecular weight excluding hydrogens is 691 g/mol. The summed E-state index contributed by atoms with van der Waals surface area (Å²) < 4.78 is 0. The number of nitrogens with two attached hydrogens (primary N) is 3. The van der Waals surface area contributed by atoms with Crippen LogP contribution in [0.5, 0.6) is 11.5 Å². The molecule has 3 atom stereocenters. The van der Waals surface area contributed by atoms with Crippen molar-refractivity contribution >= 4 is 81.1 Å². The average Bonchev–Trinajstić information content (AvgIpc) is 3.45. The van der Waals surface area contributed by atoms with Crippen molar-refractivity contribution in [2.24, 2.45) is 5.16 Å². The number of phenols is 1. The number of hydrogen-bond acceptors (Lipinski definition) is 17. The number of nitrogens with one attached hydrogen (secondary N) is 1. The van der Waals surface area contributed by atoms with Gasteiger partial charge in [-0.2, -0.15) is 0 Å². The lowest BCUT2D eigenvalue weighted by molar-refractivity contribution is -0.270. The van der Waals surface area contributed by atoms with Crippen molar-refractivity contribution in [3.05, 3.63) is 64.3 Å². The zero-order valence-electron chi connectivity index (χ0n) is 24.2. The van der Waals surface area contributed by atoms with Crippen LogP contribution in [0.2, 0.25) is 0 Å². The van der Waals surface area contributed by atoms with Crippen LogP contribution in [0, 0.1) is 0 Å². The maximum Gasteiger partial charge on any atom is 0.352 e. The fraction of sp³-hybridized carbons (Fsp3) is 0.185. The maximum atomic E-state index is 13.4. The molecule has 2 aromatic heterocycles. The Hall–Kier alpha value is -5.54. The monoisotopic (exact) mass is 714 g/mol. The van der Waals surface area contributed by atoms with E-state index in [4.69, 9.17) is 22.0 Å². The average molecular weight is 715 g/mol. The highest BCUT2D eigenvalue weighted by Crippen LogP contribution is 2.41. The van der Waals surface area contributed by atoms with Crippen LogP contribution in [0.4, 0.5) is 16.8 Å². The molecule has 1 aromatic carbocycles. The van der Waals surface area contributed by atoms with Gasteiger partial charge in [0, 0.05) is 28.5 Å². The molecule has 0 saturated carbocycles. The molecule has 2 amide bonds. The minimum atomic E-state index is -1.85. The van der Waals surface area contributed by atoms with E-state index in [1.807, 2.05) is 0 Å². The summed E-state index contributed by atoms with van der Waals surface area (Å²) in [6.07, 6.45) is 1.40. The van der Waals surface area contributed by atoms with E-state index in [1.165, 1.54) is 35.0 Å². The molecular formula is C27H24N9O9S3-. The van der Waals surface area contributed by atoms with Crippen LogP contribution in [-0.2, 0) is 24.0 Å². The van der Waals surface area contributed by atoms with E-state index in [9.17, 15) is 39.6 Å². The summed E-state index contributed by atoms with van der Waals surface area (Å²) in [7, 11) is 0. The van der Waals surface area contributed by atoms with Gasteiger partial charge in [0.05, 0.1) is 0 Å². The zero-order chi connectivity index (χ0) is 34.7. The lowest BCUT2D eigenvalue weighted by Gasteiger charge is -2.49. The van der Waals surface area contributed by atoms with Crippen LogP contribution in [0.25, 0.3) is 0 Å². The third kappa shape index (κ3) is 7.21. The molecule has 0 aliphatic carbocycles. The van der Waals surface area contributed by atoms with Crippen LogP contribution in [0.15, 0.2) is 63.4 Å². The van der Waals surface area contributed by atoms with Gasteiger partial charge in [0.1, 0.15) is 40.2 Å². The van der Waals surface area contributed by atoms with Gasteiger partial charge >= 0.3 is 11.9 Å². The van der Waals surface area contributed by atoms with Gasteiger partial charge in [-0.15, -0.1) is 23.1 Å². The third-order valence-electron chi connectivity index (χ3n) is 6.60. The number of carbonyl (C=O) groups is 4. The second-order valence-electron chi connectivity index (χ2n) is 9.82. The Morgan fingerprint density at radius 2 is 1.92 bits per heavy atom. The number of carboxylic acids is 2. The number of benzene rings is 1. The summed E-state index contributed by atoms with van der Waals surface area (Å²) in [5.41, 5.74) is 16.4. The number of nitrogen functional groups attached to an aromatic ring is 3. The molecule has 4 heterocycles. The SMILES string of the molecule is Nc1cc(N)nc(SC/C=C/C2=C(C(=O)O)N3C(=O)[C@@H](NC(=O)/C(=N/O[C@H](C(=O)O)c4ccc([O-])c(O)c4)c4csc(N)n4)[C@H]3SC2)n1. The fourth-order valence-electron chi connectivity index (χ4n) is 4.47. The second-order valence-corrected chi connectivity index (χ2v) is 12.8. The number of carboxylic acid groups (broad SMARTS) is 2. The van der Waals surface area contributed by atoms with Gasteiger partial charge in [0.25, 0.3) is 11.8 Å². The molecule has 0 radical (unpaired) electrons. The molecule has 250 valence electrons. The molecule has 1 saturated heterocycles. The number of fused-ring (bicyclic) bond motifs is 1. The first-order chi connectivity index (χ1) is 22.8. The van der Waals surface area contributed by atoms with Crippen LogP contribution >= 0.6 is 34.9 Å². The minimum absolute atomic E-state index is 0.0461. The van der Waals surface area contributed by atoms with E-state index in [-0.39, 0.29) is 39.5 Å². The van der Waals surface area contributed by atoms with Crippen LogP contribution in [0.1, 0.15) is 17.4 Å². The van der Waals surface area contributed by atoms with Gasteiger partial charge in [-0.1, -0.05) is 47.0 Å². The molecule has 0 unspecified atom stereocenters. The lowest BCUT2D eigenvalue weighted by atomic mass is 10.0. The number of thioether (sulfide) groups is 2. The Kier molecular flexibility index (Phi) is 9.91. The topological polar surface area (TPSA) is 306 Å². The number of carbonyl (C=O) groups excluding carboxylic acids is 2. The van der Waals surface area contributed by atoms with Gasteiger partial charge in [-0.25, -0.2) is 24.5 Å². The number of nitrogens with zero attached hydrogens (tertiary/aromatic N) is 5. The number of hydrogen-bond donors (Lipinski definition) is 7. The van der Waals surface area contributed by atoms with Gasteiger partial charge in [0.15, 0.2) is 16.0 Å². The number of thiazole rings is 1. The largest absolute Gasteiger partial charge is 0.870 e. The molecule has 3 aromatic rings. The first kappa shape index (κ1) is 33.8. The number of aromatic hydroxyl groups is 1. The predicted octanol–water partition coefficient (Wildman–Crippen LogP) is 0.0926. The summed E-state index contributed by atoms with van der Waals surface area (Å²) in [5.74, 6) is -5.13. The number of allylic oxidation sites excluding steroid dienone is 1. The Labute approximate surface area is 282 Å². The second kappa shape index (κ2) is 14.1. The Balaban J connectivity index is 1.32. The molecule has 2 aliphatic rings. The van der Waals surface area contributed by atoms with E-state index in [1.54, 1.807) is 12.2 Å². The molecule has 2 aliphatic heterocycles. The Morgan fingerprint density at radius 1 is 1.19 bits per heavy atom. The predicted molar refractivity (Wildman–Crippen MR) is 172 cm³/mol. The fourth-order valence-corrected chi connectivity index (χ4v) is 7.02. The highest BCUT2D eigenvalue weighted by Gasteiger charge is 2.54. The van der Waals surface area contributed by atoms with Crippen molar-refractivity contribution in [1.29, 1.82) is 0 Å². The first-order valence-electron chi connectivity index (χ1n) is 13.4. The number of aromatic nitrogens is 3. The van der Waals surface area contributed by atoms with Gasteiger partial charge in [-0.3, -0.25) is 14.5 Å². The highest BCUT2D eigenvalue weighted by molar-refractivity contribution is 8.00. The van der Waals surface area contributed by atoms with Crippen molar-refractivity contribution in [3.8, 4) is 11.5 Å². The third-order valence-corrected chi connectivity index (χ3v) is 9.37. The summed E-state index contributed by atoms with van der Waals surface area (Å²) in [4.78, 5) is 69.2. The molecule has 1 fully saturated rings. The quantitative estimate of drug-likeness (QED) is 0.0430. The van der Waals surface area contributed by atoms with Gasteiger partial charge < -0.3 is 47.8 Å². The number of oxime groups is 1. The summed E-state index contributed by atoms with van der Waals surface area (Å²) >= 11 is 3.37. The summed E-state index contributed by atoms with van der Waals surface area (Å²) in [6.45, 7) is 0. The van der Waals surface area contributed by atoms with Crippen molar-refractivity contribution in [3.63, 3.8) is 0 Å². The minimum Gasteiger partial charge on any atom is -0.870 e. The number of aliphatic carboxylic acids is 2. The van der Waals surface area contributed by atoms with Crippen LogP contribution < -0.4 is 27.6 Å². The number of amides is 2. The van der Waals surface area contributed by atoms with E-state index in [0.29, 0.717) is 16.5 Å². The summed E-state index contributed by atoms with van der Waals surface area (Å²) in [6, 6.07) is 3.17. The van der Waals surface area contributed by atoms with Crippen LogP contribution in [0.3, 0.4) is 0 Å². The molecule has 21 heteroatoms. The smallest absolute Gasteiger partial charge is 0.352 e. The van der Waals surface area contributed by atoms with E-state index < -0.39 is 58.5 Å². The maximum absolute atomic E-state index is 13.4. The van der Waals surface area contributed by atoms with Crippen molar-refractivity contribution in [2.75, 3.05) is 28.7 Å². The Bertz CT molecular complexity index is 1880. The first-order valence-corrected chi connectivity index (χ1v) is 16.3. The molecule has 10 N–H and O–H groups in total. The van der Waals surface area contributed by atoms with Crippen LogP contribution in [-0.4, -0.2) is 87.6 Å². The molecule has 18 nitrogen and oxygen atoms in total. The summed E-state index contributed by atoms with van der Waals surface area (Å²) in [5, 5.41) is 48.1. The van der Waals surface area contributed by atoms with Gasteiger partial charge in [-0.05, 0) is 11.6 Å². The van der Waals surface area contributed by atoms with Crippen molar-refractivity contribution in [1.82, 2.24) is 25.2 Å². The molecule has 48 heavy (non-hydrogen) atoms.